The van der Waals surface area contributed by atoms with E-state index in [2.05, 4.69) is 42.2 Å². The smallest absolute Gasteiger partial charge is 0.147 e. The van der Waals surface area contributed by atoms with Crippen LogP contribution in [0.25, 0.3) is 10.6 Å². The van der Waals surface area contributed by atoms with Gasteiger partial charge in [0.1, 0.15) is 10.0 Å². The van der Waals surface area contributed by atoms with E-state index in [1.54, 1.807) is 11.3 Å². The highest BCUT2D eigenvalue weighted by molar-refractivity contribution is 7.14. The Hall–Kier alpha value is -1.26. The van der Waals surface area contributed by atoms with Crippen LogP contribution in [0.4, 0.5) is 0 Å². The highest BCUT2D eigenvalue weighted by Gasteiger charge is 2.09. The molecule has 2 rings (SSSR count). The average Bonchev–Trinajstić information content (AvgIpc) is 2.71. The molecule has 0 aliphatic carbocycles. The quantitative estimate of drug-likeness (QED) is 0.867. The lowest BCUT2D eigenvalue weighted by atomic mass is 10.1. The Morgan fingerprint density at radius 3 is 2.50 bits per heavy atom. The molecule has 2 N–H and O–H groups in total. The Balaban J connectivity index is 2.39. The van der Waals surface area contributed by atoms with E-state index in [-0.39, 0.29) is 6.04 Å². The van der Waals surface area contributed by atoms with Crippen LogP contribution in [0.1, 0.15) is 29.1 Å². The molecule has 1 aromatic heterocycles. The van der Waals surface area contributed by atoms with Gasteiger partial charge in [-0.3, -0.25) is 0 Å². The zero-order valence-electron chi connectivity index (χ0n) is 9.69. The van der Waals surface area contributed by atoms with Crippen molar-refractivity contribution in [3.63, 3.8) is 0 Å². The first-order valence-electron chi connectivity index (χ1n) is 5.24. The van der Waals surface area contributed by atoms with Crippen molar-refractivity contribution in [3.8, 4) is 10.6 Å². The van der Waals surface area contributed by atoms with E-state index in [0.29, 0.717) is 0 Å². The second-order valence-corrected chi connectivity index (χ2v) is 5.04. The Labute approximate surface area is 99.3 Å². The summed E-state index contributed by atoms with van der Waals surface area (Å²) in [6.07, 6.45) is 0. The summed E-state index contributed by atoms with van der Waals surface area (Å²) in [6.45, 7) is 6.13. The third kappa shape index (κ3) is 2.13. The van der Waals surface area contributed by atoms with Crippen molar-refractivity contribution in [1.82, 2.24) is 10.2 Å². The largest absolute Gasteiger partial charge is 0.322 e. The topological polar surface area (TPSA) is 51.8 Å². The maximum Gasteiger partial charge on any atom is 0.147 e. The highest BCUT2D eigenvalue weighted by atomic mass is 32.1. The summed E-state index contributed by atoms with van der Waals surface area (Å²) in [5.74, 6) is 0. The molecule has 0 radical (unpaired) electrons. The van der Waals surface area contributed by atoms with Crippen LogP contribution in [-0.4, -0.2) is 10.2 Å². The van der Waals surface area contributed by atoms with E-state index in [1.165, 1.54) is 11.1 Å². The molecule has 4 heteroatoms. The van der Waals surface area contributed by atoms with Crippen LogP contribution in [0.15, 0.2) is 18.2 Å². The highest BCUT2D eigenvalue weighted by Crippen LogP contribution is 2.27. The number of aromatic nitrogens is 2. The average molecular weight is 233 g/mol. The molecule has 0 saturated carbocycles. The summed E-state index contributed by atoms with van der Waals surface area (Å²) in [7, 11) is 0. The number of benzene rings is 1. The van der Waals surface area contributed by atoms with Gasteiger partial charge in [-0.25, -0.2) is 0 Å². The summed E-state index contributed by atoms with van der Waals surface area (Å²) in [5.41, 5.74) is 9.45. The number of nitrogens with zero attached hydrogens (tertiary/aromatic N) is 2. The van der Waals surface area contributed by atoms with Crippen molar-refractivity contribution in [2.75, 3.05) is 0 Å². The number of aryl methyl sites for hydroxylation is 2. The van der Waals surface area contributed by atoms with Crippen LogP contribution in [0.2, 0.25) is 0 Å². The second-order valence-electron chi connectivity index (χ2n) is 4.03. The minimum Gasteiger partial charge on any atom is -0.322 e. The van der Waals surface area contributed by atoms with Gasteiger partial charge in [-0.05, 0) is 38.0 Å². The van der Waals surface area contributed by atoms with E-state index in [1.807, 2.05) is 6.92 Å². The predicted molar refractivity (Wildman–Crippen MR) is 67.4 cm³/mol. The van der Waals surface area contributed by atoms with Gasteiger partial charge in [-0.2, -0.15) is 0 Å². The zero-order valence-corrected chi connectivity index (χ0v) is 10.5. The molecule has 0 spiro atoms. The number of rotatable bonds is 2. The second kappa shape index (κ2) is 4.31. The van der Waals surface area contributed by atoms with Gasteiger partial charge >= 0.3 is 0 Å². The standard InChI is InChI=1S/C12H15N3S/c1-7-4-5-10(6-8(7)2)12-15-14-11(16-12)9(3)13/h4-6,9H,13H2,1-3H3. The third-order valence-corrected chi connectivity index (χ3v) is 3.76. The molecule has 1 atom stereocenters. The molecule has 0 amide bonds. The Morgan fingerprint density at radius 1 is 1.19 bits per heavy atom. The van der Waals surface area contributed by atoms with E-state index in [9.17, 15) is 0 Å². The van der Waals surface area contributed by atoms with E-state index < -0.39 is 0 Å². The lowest BCUT2D eigenvalue weighted by Gasteiger charge is -2.01. The lowest BCUT2D eigenvalue weighted by Crippen LogP contribution is -2.03. The Kier molecular flexibility index (Phi) is 3.03. The van der Waals surface area contributed by atoms with Crippen molar-refractivity contribution in [3.05, 3.63) is 34.3 Å². The molecule has 84 valence electrons. The van der Waals surface area contributed by atoms with Crippen LogP contribution in [0, 0.1) is 13.8 Å². The summed E-state index contributed by atoms with van der Waals surface area (Å²) in [6, 6.07) is 6.28. The summed E-state index contributed by atoms with van der Waals surface area (Å²) in [5, 5.41) is 10.1. The minimum absolute atomic E-state index is 0.0437. The lowest BCUT2D eigenvalue weighted by molar-refractivity contribution is 0.786. The molecule has 1 unspecified atom stereocenters. The molecule has 0 fully saturated rings. The van der Waals surface area contributed by atoms with Crippen molar-refractivity contribution in [1.29, 1.82) is 0 Å². The fraction of sp³-hybridized carbons (Fsp3) is 0.333. The minimum atomic E-state index is -0.0437. The fourth-order valence-electron chi connectivity index (χ4n) is 1.41. The molecule has 0 saturated heterocycles. The zero-order chi connectivity index (χ0) is 11.7. The Morgan fingerprint density at radius 2 is 1.94 bits per heavy atom. The van der Waals surface area contributed by atoms with Crippen LogP contribution in [0.5, 0.6) is 0 Å². The summed E-state index contributed by atoms with van der Waals surface area (Å²) >= 11 is 1.56. The molecule has 0 aliphatic rings. The first-order chi connectivity index (χ1) is 7.58. The van der Waals surface area contributed by atoms with Gasteiger partial charge in [0.2, 0.25) is 0 Å². The Bertz CT molecular complexity index is 503. The predicted octanol–water partition coefficient (Wildman–Crippen LogP) is 2.84. The van der Waals surface area contributed by atoms with Crippen molar-refractivity contribution in [2.45, 2.75) is 26.8 Å². The molecule has 3 nitrogen and oxygen atoms in total. The van der Waals surface area contributed by atoms with E-state index in [0.717, 1.165) is 15.6 Å². The van der Waals surface area contributed by atoms with Crippen LogP contribution < -0.4 is 5.73 Å². The maximum atomic E-state index is 5.77. The van der Waals surface area contributed by atoms with E-state index >= 15 is 0 Å². The van der Waals surface area contributed by atoms with Crippen LogP contribution in [-0.2, 0) is 0 Å². The molecule has 1 aromatic carbocycles. The van der Waals surface area contributed by atoms with Gasteiger partial charge < -0.3 is 5.73 Å². The molecular weight excluding hydrogens is 218 g/mol. The molecular formula is C12H15N3S. The molecule has 0 aliphatic heterocycles. The van der Waals surface area contributed by atoms with E-state index in [4.69, 9.17) is 5.73 Å². The summed E-state index contributed by atoms with van der Waals surface area (Å²) in [4.78, 5) is 0. The SMILES string of the molecule is Cc1ccc(-c2nnc(C(C)N)s2)cc1C. The van der Waals surface area contributed by atoms with Crippen molar-refractivity contribution < 1.29 is 0 Å². The number of hydrogen-bond donors (Lipinski definition) is 1. The van der Waals surface area contributed by atoms with Gasteiger partial charge in [-0.1, -0.05) is 23.5 Å². The first-order valence-corrected chi connectivity index (χ1v) is 6.06. The summed E-state index contributed by atoms with van der Waals surface area (Å²) < 4.78 is 0. The fourth-order valence-corrected chi connectivity index (χ4v) is 2.20. The third-order valence-electron chi connectivity index (χ3n) is 2.58. The maximum absolute atomic E-state index is 5.77. The monoisotopic (exact) mass is 233 g/mol. The van der Waals surface area contributed by atoms with Crippen molar-refractivity contribution in [2.24, 2.45) is 5.73 Å². The molecule has 16 heavy (non-hydrogen) atoms. The van der Waals surface area contributed by atoms with Crippen molar-refractivity contribution >= 4 is 11.3 Å². The van der Waals surface area contributed by atoms with Gasteiger partial charge in [0.15, 0.2) is 0 Å². The number of nitrogens with two attached hydrogens (primary N) is 1. The van der Waals surface area contributed by atoms with Gasteiger partial charge in [0, 0.05) is 5.56 Å². The van der Waals surface area contributed by atoms with Gasteiger partial charge in [0.05, 0.1) is 6.04 Å². The molecule has 0 bridgehead atoms. The molecule has 1 heterocycles. The normalized spacial score (nSPS) is 12.8. The number of hydrogen-bond acceptors (Lipinski definition) is 4. The first kappa shape index (κ1) is 11.2. The van der Waals surface area contributed by atoms with Gasteiger partial charge in [-0.15, -0.1) is 10.2 Å². The van der Waals surface area contributed by atoms with Gasteiger partial charge in [0.25, 0.3) is 0 Å². The van der Waals surface area contributed by atoms with Crippen LogP contribution >= 0.6 is 11.3 Å². The van der Waals surface area contributed by atoms with Crippen LogP contribution in [0.3, 0.4) is 0 Å². The molecule has 2 aromatic rings.